The van der Waals surface area contributed by atoms with Gasteiger partial charge in [-0.05, 0) is 13.8 Å². The van der Waals surface area contributed by atoms with Crippen molar-refractivity contribution in [3.63, 3.8) is 0 Å². The van der Waals surface area contributed by atoms with Crippen LogP contribution in [-0.2, 0) is 17.4 Å². The monoisotopic (exact) mass is 348 g/mol. The normalized spacial score (nSPS) is 14.6. The maximum absolute atomic E-state index is 13.3. The Hall–Kier alpha value is -1.94. The molecule has 0 radical (unpaired) electrons. The van der Waals surface area contributed by atoms with E-state index in [-0.39, 0.29) is 5.13 Å². The number of carbonyl (C=O) groups excluding carboxylic acids is 1. The van der Waals surface area contributed by atoms with Gasteiger partial charge >= 0.3 is 6.18 Å². The maximum Gasteiger partial charge on any atom is 0.425 e. The molecule has 2 rings (SSSR count). The van der Waals surface area contributed by atoms with E-state index >= 15 is 0 Å². The molecule has 6 nitrogen and oxygen atoms in total. The molecule has 0 aliphatic rings. The standard InChI is InChI=1S/C13H15F3N4O2S/c1-7-8(2)23-11(18-7)19-9(21)6-12(22,13(14,15)16)10-17-4-5-20(10)3/h4-5,22H,6H2,1-3H3,(H,18,19,21). The van der Waals surface area contributed by atoms with Gasteiger partial charge in [0.1, 0.15) is 0 Å². The predicted octanol–water partition coefficient (Wildman–Crippen LogP) is 2.27. The van der Waals surface area contributed by atoms with Crippen LogP contribution in [0.4, 0.5) is 18.3 Å². The smallest absolute Gasteiger partial charge is 0.374 e. The molecule has 0 saturated heterocycles. The number of amides is 1. The molecule has 2 aromatic heterocycles. The summed E-state index contributed by atoms with van der Waals surface area (Å²) in [5.41, 5.74) is -2.70. The number of hydrogen-bond acceptors (Lipinski definition) is 5. The molecule has 0 aliphatic heterocycles. The molecular formula is C13H15F3N4O2S. The highest BCUT2D eigenvalue weighted by Crippen LogP contribution is 2.41. The van der Waals surface area contributed by atoms with Crippen LogP contribution in [0.3, 0.4) is 0 Å². The molecule has 126 valence electrons. The number of anilines is 1. The van der Waals surface area contributed by atoms with Crippen LogP contribution in [0.2, 0.25) is 0 Å². The number of aliphatic hydroxyl groups is 1. The zero-order valence-electron chi connectivity index (χ0n) is 12.6. The van der Waals surface area contributed by atoms with E-state index in [0.29, 0.717) is 5.69 Å². The van der Waals surface area contributed by atoms with E-state index in [0.717, 1.165) is 27.0 Å². The topological polar surface area (TPSA) is 80.0 Å². The number of thiazole rings is 1. The molecule has 2 heterocycles. The third-order valence-corrected chi connectivity index (χ3v) is 4.34. The first-order chi connectivity index (χ1) is 10.5. The summed E-state index contributed by atoms with van der Waals surface area (Å²) in [7, 11) is 1.31. The van der Waals surface area contributed by atoms with Gasteiger partial charge in [0.2, 0.25) is 11.5 Å². The average molecular weight is 348 g/mol. The first-order valence-electron chi connectivity index (χ1n) is 6.55. The molecule has 0 saturated carbocycles. The second kappa shape index (κ2) is 5.93. The van der Waals surface area contributed by atoms with E-state index in [1.165, 1.54) is 13.2 Å². The van der Waals surface area contributed by atoms with Crippen molar-refractivity contribution in [1.82, 2.24) is 14.5 Å². The number of imidazole rings is 1. The Bertz CT molecular complexity index is 706. The molecule has 0 aliphatic carbocycles. The summed E-state index contributed by atoms with van der Waals surface area (Å²) < 4.78 is 41.0. The van der Waals surface area contributed by atoms with E-state index < -0.39 is 29.9 Å². The number of alkyl halides is 3. The summed E-state index contributed by atoms with van der Waals surface area (Å²) >= 11 is 1.15. The van der Waals surface area contributed by atoms with Gasteiger partial charge in [0, 0.05) is 24.3 Å². The van der Waals surface area contributed by atoms with Gasteiger partial charge in [-0.3, -0.25) is 4.79 Å². The predicted molar refractivity (Wildman–Crippen MR) is 78.0 cm³/mol. The molecule has 10 heteroatoms. The first-order valence-corrected chi connectivity index (χ1v) is 7.37. The van der Waals surface area contributed by atoms with Crippen molar-refractivity contribution in [3.05, 3.63) is 28.8 Å². The summed E-state index contributed by atoms with van der Waals surface area (Å²) in [5, 5.41) is 12.6. The van der Waals surface area contributed by atoms with Gasteiger partial charge in [-0.1, -0.05) is 0 Å². The fraction of sp³-hybridized carbons (Fsp3) is 0.462. The van der Waals surface area contributed by atoms with Crippen molar-refractivity contribution < 1.29 is 23.1 Å². The van der Waals surface area contributed by atoms with Crippen molar-refractivity contribution >= 4 is 22.4 Å². The zero-order chi connectivity index (χ0) is 17.4. The van der Waals surface area contributed by atoms with Crippen molar-refractivity contribution in [2.24, 2.45) is 7.05 Å². The Labute approximate surface area is 134 Å². The second-order valence-corrected chi connectivity index (χ2v) is 6.31. The largest absolute Gasteiger partial charge is 0.425 e. The van der Waals surface area contributed by atoms with Crippen LogP contribution in [0.5, 0.6) is 0 Å². The lowest BCUT2D eigenvalue weighted by Gasteiger charge is -2.29. The second-order valence-electron chi connectivity index (χ2n) is 5.11. The molecule has 0 bridgehead atoms. The van der Waals surface area contributed by atoms with Crippen molar-refractivity contribution in [3.8, 4) is 0 Å². The van der Waals surface area contributed by atoms with Crippen LogP contribution in [0, 0.1) is 13.8 Å². The minimum Gasteiger partial charge on any atom is -0.374 e. The van der Waals surface area contributed by atoms with Crippen LogP contribution >= 0.6 is 11.3 Å². The lowest BCUT2D eigenvalue weighted by molar-refractivity contribution is -0.270. The first kappa shape index (κ1) is 17.4. The number of nitrogens with one attached hydrogen (secondary N) is 1. The third kappa shape index (κ3) is 3.37. The number of aromatic nitrogens is 3. The fourth-order valence-corrected chi connectivity index (χ4v) is 2.82. The van der Waals surface area contributed by atoms with E-state index in [1.54, 1.807) is 13.8 Å². The highest BCUT2D eigenvalue weighted by atomic mass is 32.1. The SMILES string of the molecule is Cc1nc(NC(=O)CC(O)(c2nccn2C)C(F)(F)F)sc1C. The highest BCUT2D eigenvalue weighted by Gasteiger charge is 2.58. The average Bonchev–Trinajstić information content (AvgIpc) is 2.95. The Morgan fingerprint density at radius 3 is 2.52 bits per heavy atom. The lowest BCUT2D eigenvalue weighted by atomic mass is 9.97. The van der Waals surface area contributed by atoms with Crippen LogP contribution in [-0.4, -0.2) is 31.7 Å². The number of carbonyl (C=O) groups is 1. The number of halogens is 3. The van der Waals surface area contributed by atoms with Crippen LogP contribution in [0.25, 0.3) is 0 Å². The molecule has 0 aromatic carbocycles. The summed E-state index contributed by atoms with van der Waals surface area (Å²) in [6.45, 7) is 3.50. The van der Waals surface area contributed by atoms with E-state index in [4.69, 9.17) is 0 Å². The van der Waals surface area contributed by atoms with E-state index in [9.17, 15) is 23.1 Å². The Morgan fingerprint density at radius 2 is 2.09 bits per heavy atom. The minimum absolute atomic E-state index is 0.189. The van der Waals surface area contributed by atoms with Gasteiger partial charge in [0.15, 0.2) is 11.0 Å². The van der Waals surface area contributed by atoms with Crippen LogP contribution < -0.4 is 5.32 Å². The van der Waals surface area contributed by atoms with Crippen molar-refractivity contribution in [2.75, 3.05) is 5.32 Å². The van der Waals surface area contributed by atoms with Gasteiger partial charge in [-0.25, -0.2) is 9.97 Å². The van der Waals surface area contributed by atoms with Gasteiger partial charge in [-0.15, -0.1) is 11.3 Å². The Morgan fingerprint density at radius 1 is 1.43 bits per heavy atom. The molecule has 0 spiro atoms. The molecule has 23 heavy (non-hydrogen) atoms. The molecule has 1 amide bonds. The minimum atomic E-state index is -5.06. The molecule has 0 fully saturated rings. The molecule has 2 aromatic rings. The molecule has 2 N–H and O–H groups in total. The zero-order valence-corrected chi connectivity index (χ0v) is 13.4. The molecular weight excluding hydrogens is 333 g/mol. The molecule has 1 atom stereocenters. The summed E-state index contributed by atoms with van der Waals surface area (Å²) in [5.74, 6) is -1.65. The number of rotatable bonds is 4. The van der Waals surface area contributed by atoms with Gasteiger partial charge in [0.05, 0.1) is 12.1 Å². The number of nitrogens with zero attached hydrogens (tertiary/aromatic N) is 3. The van der Waals surface area contributed by atoms with Gasteiger partial charge in [0.25, 0.3) is 0 Å². The maximum atomic E-state index is 13.3. The summed E-state index contributed by atoms with van der Waals surface area (Å²) in [6, 6.07) is 0. The van der Waals surface area contributed by atoms with Crippen molar-refractivity contribution in [1.29, 1.82) is 0 Å². The Balaban J connectivity index is 2.25. The van der Waals surface area contributed by atoms with Crippen LogP contribution in [0.1, 0.15) is 22.8 Å². The number of hydrogen-bond donors (Lipinski definition) is 2. The lowest BCUT2D eigenvalue weighted by Crippen LogP contribution is -2.46. The number of aryl methyl sites for hydroxylation is 3. The summed E-state index contributed by atoms with van der Waals surface area (Å²) in [6.07, 6.45) is -3.88. The third-order valence-electron chi connectivity index (χ3n) is 3.35. The van der Waals surface area contributed by atoms with E-state index in [1.807, 2.05) is 0 Å². The quantitative estimate of drug-likeness (QED) is 0.888. The fourth-order valence-electron chi connectivity index (χ4n) is 1.99. The van der Waals surface area contributed by atoms with Crippen molar-refractivity contribution in [2.45, 2.75) is 32.0 Å². The van der Waals surface area contributed by atoms with E-state index in [2.05, 4.69) is 15.3 Å². The van der Waals surface area contributed by atoms with Gasteiger partial charge < -0.3 is 15.0 Å². The van der Waals surface area contributed by atoms with Gasteiger partial charge in [-0.2, -0.15) is 13.2 Å². The highest BCUT2D eigenvalue weighted by molar-refractivity contribution is 7.15. The molecule has 1 unspecified atom stereocenters. The van der Waals surface area contributed by atoms with Crippen LogP contribution in [0.15, 0.2) is 12.4 Å². The summed E-state index contributed by atoms with van der Waals surface area (Å²) in [4.78, 5) is 20.4. The Kier molecular flexibility index (Phi) is 4.49.